The highest BCUT2D eigenvalue weighted by atomic mass is 16.6. The second-order valence-electron chi connectivity index (χ2n) is 3.58. The van der Waals surface area contributed by atoms with Crippen LogP contribution in [0.25, 0.3) is 0 Å². The van der Waals surface area contributed by atoms with E-state index in [4.69, 9.17) is 15.2 Å². The van der Waals surface area contributed by atoms with Gasteiger partial charge in [0.2, 0.25) is 0 Å². The van der Waals surface area contributed by atoms with Gasteiger partial charge < -0.3 is 15.2 Å². The van der Waals surface area contributed by atoms with Gasteiger partial charge in [-0.3, -0.25) is 9.48 Å². The number of ether oxygens (including phenoxy) is 2. The summed E-state index contributed by atoms with van der Waals surface area (Å²) in [5.41, 5.74) is 5.41. The average Bonchev–Trinajstić information content (AvgIpc) is 2.71. The molecule has 0 aromatic carbocycles. The van der Waals surface area contributed by atoms with Gasteiger partial charge in [-0.2, -0.15) is 5.10 Å². The molecule has 1 unspecified atom stereocenters. The summed E-state index contributed by atoms with van der Waals surface area (Å²) < 4.78 is 11.1. The number of hydrogen-bond acceptors (Lipinski definition) is 6. The SMILES string of the molecule is CCOC(=O)C(CC)OC(=O)Cn1ccc(N)n1. The van der Waals surface area contributed by atoms with E-state index >= 15 is 0 Å². The Kier molecular flexibility index (Phi) is 5.16. The third kappa shape index (κ3) is 4.08. The Hall–Kier alpha value is -2.05. The molecule has 18 heavy (non-hydrogen) atoms. The molecular weight excluding hydrogens is 238 g/mol. The number of esters is 2. The Bertz CT molecular complexity index is 416. The van der Waals surface area contributed by atoms with Crippen LogP contribution in [-0.2, 0) is 25.6 Å². The molecule has 7 heteroatoms. The molecule has 7 nitrogen and oxygen atoms in total. The van der Waals surface area contributed by atoms with Crippen LogP contribution in [0.3, 0.4) is 0 Å². The van der Waals surface area contributed by atoms with Gasteiger partial charge in [0, 0.05) is 6.20 Å². The van der Waals surface area contributed by atoms with Crippen molar-refractivity contribution in [3.8, 4) is 0 Å². The first-order valence-electron chi connectivity index (χ1n) is 5.71. The molecule has 1 aromatic heterocycles. The number of carbonyl (C=O) groups is 2. The smallest absolute Gasteiger partial charge is 0.347 e. The summed E-state index contributed by atoms with van der Waals surface area (Å²) in [6.07, 6.45) is 1.05. The van der Waals surface area contributed by atoms with Crippen molar-refractivity contribution in [3.05, 3.63) is 12.3 Å². The van der Waals surface area contributed by atoms with Crippen molar-refractivity contribution in [2.75, 3.05) is 12.3 Å². The summed E-state index contributed by atoms with van der Waals surface area (Å²) in [5.74, 6) is -0.772. The Labute approximate surface area is 105 Å². The fourth-order valence-corrected chi connectivity index (χ4v) is 1.33. The van der Waals surface area contributed by atoms with Gasteiger partial charge in [0.1, 0.15) is 12.4 Å². The lowest BCUT2D eigenvalue weighted by Gasteiger charge is -2.14. The summed E-state index contributed by atoms with van der Waals surface area (Å²) >= 11 is 0. The van der Waals surface area contributed by atoms with E-state index in [1.807, 2.05) is 0 Å². The maximum atomic E-state index is 11.6. The van der Waals surface area contributed by atoms with Gasteiger partial charge in [-0.1, -0.05) is 6.92 Å². The second-order valence-corrected chi connectivity index (χ2v) is 3.58. The zero-order chi connectivity index (χ0) is 13.5. The van der Waals surface area contributed by atoms with Crippen LogP contribution in [0.2, 0.25) is 0 Å². The summed E-state index contributed by atoms with van der Waals surface area (Å²) in [5, 5.41) is 3.84. The predicted molar refractivity (Wildman–Crippen MR) is 63.4 cm³/mol. The van der Waals surface area contributed by atoms with Gasteiger partial charge in [-0.15, -0.1) is 0 Å². The minimum atomic E-state index is -0.870. The van der Waals surface area contributed by atoms with E-state index in [9.17, 15) is 9.59 Å². The molecule has 0 radical (unpaired) electrons. The van der Waals surface area contributed by atoms with Crippen LogP contribution in [0.15, 0.2) is 12.3 Å². The van der Waals surface area contributed by atoms with Gasteiger partial charge in [-0.05, 0) is 19.4 Å². The Balaban J connectivity index is 2.49. The largest absolute Gasteiger partial charge is 0.463 e. The van der Waals surface area contributed by atoms with Crippen molar-refractivity contribution in [2.24, 2.45) is 0 Å². The zero-order valence-electron chi connectivity index (χ0n) is 10.5. The lowest BCUT2D eigenvalue weighted by molar-refractivity contribution is -0.168. The fraction of sp³-hybridized carbons (Fsp3) is 0.545. The van der Waals surface area contributed by atoms with E-state index in [-0.39, 0.29) is 13.2 Å². The van der Waals surface area contributed by atoms with E-state index < -0.39 is 18.0 Å². The number of nitrogens with two attached hydrogens (primary N) is 1. The zero-order valence-corrected chi connectivity index (χ0v) is 10.5. The van der Waals surface area contributed by atoms with Crippen LogP contribution >= 0.6 is 0 Å². The molecule has 1 atom stereocenters. The topological polar surface area (TPSA) is 96.4 Å². The highest BCUT2D eigenvalue weighted by molar-refractivity contribution is 5.79. The van der Waals surface area contributed by atoms with Crippen molar-refractivity contribution < 1.29 is 19.1 Å². The fourth-order valence-electron chi connectivity index (χ4n) is 1.33. The normalized spacial score (nSPS) is 11.9. The number of nitrogens with zero attached hydrogens (tertiary/aromatic N) is 2. The van der Waals surface area contributed by atoms with Crippen molar-refractivity contribution in [1.29, 1.82) is 0 Å². The molecule has 0 aliphatic heterocycles. The first kappa shape index (κ1) is 14.0. The lowest BCUT2D eigenvalue weighted by atomic mass is 10.3. The van der Waals surface area contributed by atoms with Crippen LogP contribution < -0.4 is 5.73 Å². The lowest BCUT2D eigenvalue weighted by Crippen LogP contribution is -2.30. The molecule has 0 fully saturated rings. The molecule has 0 bridgehead atoms. The van der Waals surface area contributed by atoms with Crippen molar-refractivity contribution >= 4 is 17.8 Å². The predicted octanol–water partition coefficient (Wildman–Crippen LogP) is 0.350. The number of aromatic nitrogens is 2. The monoisotopic (exact) mass is 255 g/mol. The van der Waals surface area contributed by atoms with E-state index in [1.165, 1.54) is 4.68 Å². The maximum Gasteiger partial charge on any atom is 0.347 e. The van der Waals surface area contributed by atoms with E-state index in [0.717, 1.165) is 0 Å². The molecule has 1 heterocycles. The summed E-state index contributed by atoms with van der Waals surface area (Å²) in [6.45, 7) is 3.59. The van der Waals surface area contributed by atoms with Crippen molar-refractivity contribution in [3.63, 3.8) is 0 Å². The Morgan fingerprint density at radius 2 is 2.22 bits per heavy atom. The maximum absolute atomic E-state index is 11.6. The third-order valence-corrected chi connectivity index (χ3v) is 2.15. The second kappa shape index (κ2) is 6.63. The third-order valence-electron chi connectivity index (χ3n) is 2.15. The van der Waals surface area contributed by atoms with Crippen LogP contribution in [0, 0.1) is 0 Å². The molecule has 1 rings (SSSR count). The van der Waals surface area contributed by atoms with Gasteiger partial charge in [0.05, 0.1) is 6.61 Å². The minimum Gasteiger partial charge on any atom is -0.463 e. The average molecular weight is 255 g/mol. The molecular formula is C11H17N3O4. The number of nitrogen functional groups attached to an aromatic ring is 1. The van der Waals surface area contributed by atoms with E-state index in [0.29, 0.717) is 12.2 Å². The van der Waals surface area contributed by atoms with Crippen molar-refractivity contribution in [1.82, 2.24) is 9.78 Å². The quantitative estimate of drug-likeness (QED) is 0.737. The van der Waals surface area contributed by atoms with E-state index in [1.54, 1.807) is 26.1 Å². The van der Waals surface area contributed by atoms with Gasteiger partial charge in [-0.25, -0.2) is 4.79 Å². The summed E-state index contributed by atoms with van der Waals surface area (Å²) in [4.78, 5) is 23.0. The Morgan fingerprint density at radius 1 is 1.50 bits per heavy atom. The molecule has 0 spiro atoms. The molecule has 1 aromatic rings. The molecule has 0 saturated heterocycles. The summed E-state index contributed by atoms with van der Waals surface area (Å²) in [6, 6.07) is 1.57. The molecule has 0 aliphatic rings. The minimum absolute atomic E-state index is 0.0902. The number of rotatable bonds is 6. The van der Waals surface area contributed by atoms with Gasteiger partial charge in [0.25, 0.3) is 0 Å². The number of anilines is 1. The van der Waals surface area contributed by atoms with E-state index in [2.05, 4.69) is 5.10 Å². The summed E-state index contributed by atoms with van der Waals surface area (Å²) in [7, 11) is 0. The first-order chi connectivity index (χ1) is 8.56. The first-order valence-corrected chi connectivity index (χ1v) is 5.71. The molecule has 2 N–H and O–H groups in total. The molecule has 0 aliphatic carbocycles. The van der Waals surface area contributed by atoms with Crippen LogP contribution in [0.1, 0.15) is 20.3 Å². The highest BCUT2D eigenvalue weighted by Crippen LogP contribution is 2.03. The Morgan fingerprint density at radius 3 is 2.72 bits per heavy atom. The van der Waals surface area contributed by atoms with Gasteiger partial charge >= 0.3 is 11.9 Å². The standard InChI is InChI=1S/C11H17N3O4/c1-3-8(11(16)17-4-2)18-10(15)7-14-6-5-9(12)13-14/h5-6,8H,3-4,7H2,1-2H3,(H2,12,13). The highest BCUT2D eigenvalue weighted by Gasteiger charge is 2.22. The van der Waals surface area contributed by atoms with Crippen LogP contribution in [0.5, 0.6) is 0 Å². The van der Waals surface area contributed by atoms with Gasteiger partial charge in [0.15, 0.2) is 6.10 Å². The van der Waals surface area contributed by atoms with Crippen LogP contribution in [0.4, 0.5) is 5.82 Å². The number of carbonyl (C=O) groups excluding carboxylic acids is 2. The van der Waals surface area contributed by atoms with Crippen molar-refractivity contribution in [2.45, 2.75) is 32.9 Å². The van der Waals surface area contributed by atoms with Crippen LogP contribution in [-0.4, -0.2) is 34.4 Å². The molecule has 0 amide bonds. The number of hydrogen-bond donors (Lipinski definition) is 1. The molecule has 0 saturated carbocycles. The molecule has 100 valence electrons.